The average molecular weight is 621 g/mol. The highest BCUT2D eigenvalue weighted by atomic mass is 16.2. The number of amides is 5. The van der Waals surface area contributed by atoms with E-state index in [0.717, 1.165) is 32.1 Å². The number of nitrogens with one attached hydrogen (secondary N) is 5. The third-order valence-corrected chi connectivity index (χ3v) is 8.11. The molecular weight excluding hydrogens is 568 g/mol. The first-order valence-electron chi connectivity index (χ1n) is 15.7. The molecule has 0 aromatic rings. The molecule has 11 N–H and O–H groups in total. The van der Waals surface area contributed by atoms with E-state index in [9.17, 15) is 24.0 Å². The fraction of sp³-hybridized carbons (Fsp3) is 0.759. The molecule has 0 aromatic heterocycles. The third-order valence-electron chi connectivity index (χ3n) is 8.11. The van der Waals surface area contributed by atoms with Gasteiger partial charge >= 0.3 is 0 Å². The molecule has 1 saturated heterocycles. The zero-order valence-electron chi connectivity index (χ0n) is 26.5. The lowest BCUT2D eigenvalue weighted by molar-refractivity contribution is -0.138. The Morgan fingerprint density at radius 2 is 1.59 bits per heavy atom. The summed E-state index contributed by atoms with van der Waals surface area (Å²) >= 11 is 0. The SMILES string of the molecule is CC[C@@H]1NC(=O)[C@H](CCCN=C(N)N=C(N)N)NC(=O)[C@](C)(NC(=O)C(C)C)CCNC(=O)[C@@H](CC2CCCCC2)NC1=O. The summed E-state index contributed by atoms with van der Waals surface area (Å²) in [6, 6.07) is -2.79. The molecule has 15 heteroatoms. The van der Waals surface area contributed by atoms with Crippen molar-refractivity contribution < 1.29 is 24.0 Å². The summed E-state index contributed by atoms with van der Waals surface area (Å²) in [7, 11) is 0. The minimum Gasteiger partial charge on any atom is -0.370 e. The molecule has 1 heterocycles. The van der Waals surface area contributed by atoms with E-state index >= 15 is 0 Å². The lowest BCUT2D eigenvalue weighted by atomic mass is 9.84. The first-order chi connectivity index (χ1) is 20.7. The summed E-state index contributed by atoms with van der Waals surface area (Å²) in [6.45, 7) is 6.94. The second-order valence-corrected chi connectivity index (χ2v) is 12.2. The second kappa shape index (κ2) is 17.4. The van der Waals surface area contributed by atoms with Gasteiger partial charge < -0.3 is 43.8 Å². The molecular formula is C29H52N10O5. The standard InChI is InChI=1S/C29H52N10O5/c1-5-19-24(42)36-21(16-18-10-7-6-8-11-18)23(41)33-15-13-29(4,39-22(40)17(2)3)26(44)37-20(25(43)35-19)12-9-14-34-28(32)38-27(30)31/h17-21H,5-16H2,1-4H3,(H,33,41)(H,35,43)(H,36,42)(H,37,44)(H,39,40)(H6,30,31,32,34,38)/t19-,20-,21+,29+/m0/s1. The van der Waals surface area contributed by atoms with Crippen LogP contribution in [-0.4, -0.2) is 78.2 Å². The fourth-order valence-electron chi connectivity index (χ4n) is 5.34. The van der Waals surface area contributed by atoms with Crippen LogP contribution in [0.2, 0.25) is 0 Å². The van der Waals surface area contributed by atoms with E-state index in [2.05, 4.69) is 36.6 Å². The molecule has 2 fully saturated rings. The van der Waals surface area contributed by atoms with Crippen molar-refractivity contribution in [3.8, 4) is 0 Å². The Bertz CT molecular complexity index is 1080. The molecule has 1 aliphatic carbocycles. The van der Waals surface area contributed by atoms with Crippen molar-refractivity contribution in [2.24, 2.45) is 39.0 Å². The summed E-state index contributed by atoms with van der Waals surface area (Å²) in [5.41, 5.74) is 14.8. The molecule has 0 radical (unpaired) electrons. The van der Waals surface area contributed by atoms with Crippen LogP contribution in [0.3, 0.4) is 0 Å². The summed E-state index contributed by atoms with van der Waals surface area (Å²) < 4.78 is 0. The molecule has 15 nitrogen and oxygen atoms in total. The van der Waals surface area contributed by atoms with Gasteiger partial charge in [-0.2, -0.15) is 4.99 Å². The average Bonchev–Trinajstić information content (AvgIpc) is 2.96. The zero-order chi connectivity index (χ0) is 32.9. The van der Waals surface area contributed by atoms with Crippen molar-refractivity contribution in [1.82, 2.24) is 26.6 Å². The number of rotatable bonds is 9. The van der Waals surface area contributed by atoms with Crippen molar-refractivity contribution in [3.63, 3.8) is 0 Å². The van der Waals surface area contributed by atoms with E-state index in [0.29, 0.717) is 18.8 Å². The predicted molar refractivity (Wildman–Crippen MR) is 168 cm³/mol. The molecule has 2 rings (SSSR count). The highest BCUT2D eigenvalue weighted by Crippen LogP contribution is 2.27. The van der Waals surface area contributed by atoms with Crippen LogP contribution in [0.15, 0.2) is 9.98 Å². The van der Waals surface area contributed by atoms with E-state index < -0.39 is 47.3 Å². The van der Waals surface area contributed by atoms with Crippen LogP contribution in [0.25, 0.3) is 0 Å². The normalized spacial score (nSPS) is 26.5. The van der Waals surface area contributed by atoms with E-state index in [-0.39, 0.29) is 56.1 Å². The molecule has 2 aliphatic rings. The molecule has 44 heavy (non-hydrogen) atoms. The van der Waals surface area contributed by atoms with Crippen LogP contribution in [0.4, 0.5) is 0 Å². The number of hydrogen-bond acceptors (Lipinski definition) is 6. The van der Waals surface area contributed by atoms with Crippen molar-refractivity contribution in [2.75, 3.05) is 13.1 Å². The van der Waals surface area contributed by atoms with E-state index in [1.165, 1.54) is 0 Å². The lowest BCUT2D eigenvalue weighted by Crippen LogP contribution is -2.63. The van der Waals surface area contributed by atoms with Crippen molar-refractivity contribution >= 4 is 41.5 Å². The Hall–Kier alpha value is -3.91. The van der Waals surface area contributed by atoms with E-state index in [1.54, 1.807) is 27.7 Å². The van der Waals surface area contributed by atoms with Gasteiger partial charge in [0.25, 0.3) is 0 Å². The number of hydrogen-bond donors (Lipinski definition) is 8. The quantitative estimate of drug-likeness (QED) is 0.0922. The van der Waals surface area contributed by atoms with Gasteiger partial charge in [-0.15, -0.1) is 0 Å². The largest absolute Gasteiger partial charge is 0.370 e. The fourth-order valence-corrected chi connectivity index (χ4v) is 5.34. The maximum atomic E-state index is 13.7. The Kier molecular flexibility index (Phi) is 14.3. The maximum absolute atomic E-state index is 13.7. The summed E-state index contributed by atoms with van der Waals surface area (Å²) in [5, 5.41) is 14.0. The molecule has 0 bridgehead atoms. The van der Waals surface area contributed by atoms with Gasteiger partial charge in [0.15, 0.2) is 5.96 Å². The van der Waals surface area contributed by atoms with Crippen LogP contribution >= 0.6 is 0 Å². The van der Waals surface area contributed by atoms with Crippen LogP contribution in [0, 0.1) is 11.8 Å². The molecule has 4 atom stereocenters. The van der Waals surface area contributed by atoms with Crippen molar-refractivity contribution in [3.05, 3.63) is 0 Å². The van der Waals surface area contributed by atoms with Crippen molar-refractivity contribution in [2.45, 2.75) is 116 Å². The van der Waals surface area contributed by atoms with Crippen LogP contribution in [0.5, 0.6) is 0 Å². The number of nitrogens with two attached hydrogens (primary N) is 3. The maximum Gasteiger partial charge on any atom is 0.246 e. The first-order valence-corrected chi connectivity index (χ1v) is 15.7. The lowest BCUT2D eigenvalue weighted by Gasteiger charge is -2.34. The first kappa shape index (κ1) is 36.3. The molecule has 248 valence electrons. The van der Waals surface area contributed by atoms with E-state index in [4.69, 9.17) is 17.2 Å². The molecule has 5 amide bonds. The highest BCUT2D eigenvalue weighted by Gasteiger charge is 2.39. The Labute approximate surface area is 259 Å². The van der Waals surface area contributed by atoms with Crippen LogP contribution in [-0.2, 0) is 24.0 Å². The third kappa shape index (κ3) is 11.6. The molecule has 1 saturated carbocycles. The summed E-state index contributed by atoms with van der Waals surface area (Å²) in [6.07, 6.45) is 6.54. The van der Waals surface area contributed by atoms with E-state index in [1.807, 2.05) is 0 Å². The minimum atomic E-state index is -1.44. The van der Waals surface area contributed by atoms with Gasteiger partial charge in [0, 0.05) is 19.0 Å². The summed E-state index contributed by atoms with van der Waals surface area (Å²) in [5.74, 6) is -2.84. The smallest absolute Gasteiger partial charge is 0.246 e. The van der Waals surface area contributed by atoms with Gasteiger partial charge in [-0.05, 0) is 44.9 Å². The molecule has 0 aromatic carbocycles. The van der Waals surface area contributed by atoms with Crippen LogP contribution in [0.1, 0.15) is 91.9 Å². The number of nitrogens with zero attached hydrogens (tertiary/aromatic N) is 2. The van der Waals surface area contributed by atoms with Crippen LogP contribution < -0.4 is 43.8 Å². The zero-order valence-corrected chi connectivity index (χ0v) is 26.5. The van der Waals surface area contributed by atoms with Gasteiger partial charge in [0.05, 0.1) is 0 Å². The van der Waals surface area contributed by atoms with Gasteiger partial charge in [-0.25, -0.2) is 0 Å². The Morgan fingerprint density at radius 3 is 2.20 bits per heavy atom. The predicted octanol–water partition coefficient (Wildman–Crippen LogP) is -0.760. The highest BCUT2D eigenvalue weighted by molar-refractivity contribution is 5.97. The van der Waals surface area contributed by atoms with Gasteiger partial charge in [0.2, 0.25) is 35.5 Å². The Balaban J connectivity index is 2.37. The monoisotopic (exact) mass is 620 g/mol. The van der Waals surface area contributed by atoms with Gasteiger partial charge in [-0.1, -0.05) is 52.9 Å². The summed E-state index contributed by atoms with van der Waals surface area (Å²) in [4.78, 5) is 74.4. The number of carbonyl (C=O) groups is 5. The number of carbonyl (C=O) groups excluding carboxylic acids is 5. The molecule has 0 unspecified atom stereocenters. The second-order valence-electron chi connectivity index (χ2n) is 12.2. The minimum absolute atomic E-state index is 0.0540. The van der Waals surface area contributed by atoms with Crippen molar-refractivity contribution in [1.29, 1.82) is 0 Å². The molecule has 1 aliphatic heterocycles. The molecule has 0 spiro atoms. The van der Waals surface area contributed by atoms with Gasteiger partial charge in [0.1, 0.15) is 23.7 Å². The topological polar surface area (TPSA) is 248 Å². The number of aliphatic imine (C=N–C) groups is 2. The van der Waals surface area contributed by atoms with Gasteiger partial charge in [-0.3, -0.25) is 29.0 Å². The number of guanidine groups is 2. The Morgan fingerprint density at radius 1 is 0.955 bits per heavy atom.